The number of carbonyl (C=O) groups is 1. The van der Waals surface area contributed by atoms with E-state index in [0.717, 1.165) is 16.8 Å². The Hall–Kier alpha value is -3.21. The van der Waals surface area contributed by atoms with Gasteiger partial charge < -0.3 is 4.90 Å². The van der Waals surface area contributed by atoms with E-state index in [4.69, 9.17) is 0 Å². The second kappa shape index (κ2) is 7.78. The number of carbonyl (C=O) groups excluding carboxylic acids is 1. The van der Waals surface area contributed by atoms with Crippen LogP contribution in [0.2, 0.25) is 0 Å². The molecule has 0 saturated heterocycles. The highest BCUT2D eigenvalue weighted by Gasteiger charge is 2.16. The van der Waals surface area contributed by atoms with Gasteiger partial charge in [0.2, 0.25) is 5.91 Å². The van der Waals surface area contributed by atoms with Gasteiger partial charge in [-0.3, -0.25) is 9.59 Å². The van der Waals surface area contributed by atoms with E-state index in [2.05, 4.69) is 5.10 Å². The number of rotatable bonds is 5. The molecule has 26 heavy (non-hydrogen) atoms. The zero-order valence-electron chi connectivity index (χ0n) is 14.9. The van der Waals surface area contributed by atoms with Gasteiger partial charge in [0.25, 0.3) is 5.56 Å². The topological polar surface area (TPSA) is 55.2 Å². The molecule has 1 amide bonds. The van der Waals surface area contributed by atoms with Gasteiger partial charge in [-0.1, -0.05) is 42.5 Å². The third-order valence-corrected chi connectivity index (χ3v) is 4.15. The van der Waals surface area contributed by atoms with Crippen LogP contribution in [0.3, 0.4) is 0 Å². The van der Waals surface area contributed by atoms with E-state index >= 15 is 0 Å². The van der Waals surface area contributed by atoms with Crippen LogP contribution in [0, 0.1) is 6.92 Å². The fourth-order valence-corrected chi connectivity index (χ4v) is 2.84. The Morgan fingerprint density at radius 3 is 2.50 bits per heavy atom. The number of aromatic nitrogens is 2. The van der Waals surface area contributed by atoms with Crippen molar-refractivity contribution in [2.45, 2.75) is 20.4 Å². The Morgan fingerprint density at radius 1 is 1.04 bits per heavy atom. The molecular formula is C21H21N3O2. The normalized spacial score (nSPS) is 10.5. The first-order chi connectivity index (χ1) is 12.6. The summed E-state index contributed by atoms with van der Waals surface area (Å²) in [6, 6.07) is 20.5. The molecule has 0 aliphatic heterocycles. The maximum atomic E-state index is 12.8. The smallest absolute Gasteiger partial charge is 0.267 e. The summed E-state index contributed by atoms with van der Waals surface area (Å²) in [6.45, 7) is 4.32. The van der Waals surface area contributed by atoms with E-state index in [1.165, 1.54) is 10.7 Å². The molecule has 0 radical (unpaired) electrons. The van der Waals surface area contributed by atoms with E-state index in [9.17, 15) is 9.59 Å². The van der Waals surface area contributed by atoms with E-state index in [0.29, 0.717) is 12.2 Å². The fourth-order valence-electron chi connectivity index (χ4n) is 2.84. The molecule has 0 unspecified atom stereocenters. The maximum absolute atomic E-state index is 12.8. The Bertz CT molecular complexity index is 964. The molecule has 1 heterocycles. The summed E-state index contributed by atoms with van der Waals surface area (Å²) < 4.78 is 1.23. The summed E-state index contributed by atoms with van der Waals surface area (Å²) in [6.07, 6.45) is 0. The summed E-state index contributed by atoms with van der Waals surface area (Å²) in [5.41, 5.74) is 3.18. The minimum absolute atomic E-state index is 0.0959. The lowest BCUT2D eigenvalue weighted by atomic mass is 10.1. The molecule has 0 bridgehead atoms. The standard InChI is InChI=1S/C21H21N3O2/c1-3-23(18-11-7-8-16(2)14-18)21(26)15-24-20(25)13-12-19(22-24)17-9-5-4-6-10-17/h4-14H,3,15H2,1-2H3. The van der Waals surface area contributed by atoms with Gasteiger partial charge in [0.05, 0.1) is 5.69 Å². The average molecular weight is 347 g/mol. The molecule has 0 saturated carbocycles. The monoisotopic (exact) mass is 347 g/mol. The van der Waals surface area contributed by atoms with Crippen molar-refractivity contribution in [3.05, 3.63) is 82.6 Å². The van der Waals surface area contributed by atoms with Gasteiger partial charge in [-0.05, 0) is 37.6 Å². The second-order valence-corrected chi connectivity index (χ2v) is 6.06. The highest BCUT2D eigenvalue weighted by atomic mass is 16.2. The second-order valence-electron chi connectivity index (χ2n) is 6.06. The number of nitrogens with zero attached hydrogens (tertiary/aromatic N) is 3. The van der Waals surface area contributed by atoms with Crippen molar-refractivity contribution in [1.82, 2.24) is 9.78 Å². The lowest BCUT2D eigenvalue weighted by molar-refractivity contribution is -0.119. The third-order valence-electron chi connectivity index (χ3n) is 4.15. The first-order valence-corrected chi connectivity index (χ1v) is 8.59. The highest BCUT2D eigenvalue weighted by molar-refractivity contribution is 5.93. The van der Waals surface area contributed by atoms with Crippen molar-refractivity contribution < 1.29 is 4.79 Å². The first-order valence-electron chi connectivity index (χ1n) is 8.59. The van der Waals surface area contributed by atoms with Crippen molar-refractivity contribution in [2.75, 3.05) is 11.4 Å². The Kier molecular flexibility index (Phi) is 5.27. The van der Waals surface area contributed by atoms with E-state index in [1.54, 1.807) is 11.0 Å². The summed E-state index contributed by atoms with van der Waals surface area (Å²) in [4.78, 5) is 26.6. The van der Waals surface area contributed by atoms with E-state index in [1.807, 2.05) is 68.4 Å². The molecule has 5 nitrogen and oxygen atoms in total. The minimum Gasteiger partial charge on any atom is -0.311 e. The SMILES string of the molecule is CCN(C(=O)Cn1nc(-c2ccccc2)ccc1=O)c1cccc(C)c1. The van der Waals surface area contributed by atoms with Gasteiger partial charge in [0, 0.05) is 23.9 Å². The summed E-state index contributed by atoms with van der Waals surface area (Å²) in [7, 11) is 0. The number of amides is 1. The molecule has 0 spiro atoms. The average Bonchev–Trinajstić information content (AvgIpc) is 2.65. The van der Waals surface area contributed by atoms with Gasteiger partial charge in [-0.15, -0.1) is 0 Å². The van der Waals surface area contributed by atoms with Gasteiger partial charge in [0.1, 0.15) is 6.54 Å². The molecule has 0 aliphatic carbocycles. The van der Waals surface area contributed by atoms with Crippen LogP contribution < -0.4 is 10.5 Å². The van der Waals surface area contributed by atoms with Crippen LogP contribution in [0.5, 0.6) is 0 Å². The molecule has 5 heteroatoms. The van der Waals surface area contributed by atoms with Crippen molar-refractivity contribution in [3.8, 4) is 11.3 Å². The third kappa shape index (κ3) is 3.88. The number of aryl methyl sites for hydroxylation is 1. The lowest BCUT2D eigenvalue weighted by Crippen LogP contribution is -2.37. The van der Waals surface area contributed by atoms with Crippen molar-refractivity contribution in [1.29, 1.82) is 0 Å². The predicted octanol–water partition coefficient (Wildman–Crippen LogP) is 3.27. The molecule has 3 rings (SSSR count). The summed E-state index contributed by atoms with van der Waals surface area (Å²) in [5, 5.41) is 4.37. The first kappa shape index (κ1) is 17.6. The highest BCUT2D eigenvalue weighted by Crippen LogP contribution is 2.17. The van der Waals surface area contributed by atoms with Gasteiger partial charge in [-0.25, -0.2) is 4.68 Å². The number of hydrogen-bond acceptors (Lipinski definition) is 3. The summed E-state index contributed by atoms with van der Waals surface area (Å²) in [5.74, 6) is -0.169. The molecular weight excluding hydrogens is 326 g/mol. The van der Waals surface area contributed by atoms with Crippen LogP contribution in [-0.2, 0) is 11.3 Å². The zero-order chi connectivity index (χ0) is 18.5. The predicted molar refractivity (Wildman–Crippen MR) is 103 cm³/mol. The van der Waals surface area contributed by atoms with Crippen LogP contribution in [0.4, 0.5) is 5.69 Å². The molecule has 0 fully saturated rings. The Balaban J connectivity index is 1.88. The van der Waals surface area contributed by atoms with Crippen LogP contribution in [-0.4, -0.2) is 22.2 Å². The van der Waals surface area contributed by atoms with Crippen LogP contribution >= 0.6 is 0 Å². The Labute approximate surface area is 152 Å². The maximum Gasteiger partial charge on any atom is 0.267 e. The number of benzene rings is 2. The zero-order valence-corrected chi connectivity index (χ0v) is 14.9. The largest absolute Gasteiger partial charge is 0.311 e. The van der Waals surface area contributed by atoms with Crippen molar-refractivity contribution >= 4 is 11.6 Å². The molecule has 0 aliphatic rings. The molecule has 0 N–H and O–H groups in total. The van der Waals surface area contributed by atoms with Crippen LogP contribution in [0.25, 0.3) is 11.3 Å². The Morgan fingerprint density at radius 2 is 1.81 bits per heavy atom. The van der Waals surface area contributed by atoms with Crippen molar-refractivity contribution in [3.63, 3.8) is 0 Å². The molecule has 1 aromatic heterocycles. The minimum atomic E-state index is -0.293. The quantitative estimate of drug-likeness (QED) is 0.712. The van der Waals surface area contributed by atoms with Crippen LogP contribution in [0.15, 0.2) is 71.5 Å². The fraction of sp³-hybridized carbons (Fsp3) is 0.190. The van der Waals surface area contributed by atoms with E-state index < -0.39 is 0 Å². The van der Waals surface area contributed by atoms with Crippen molar-refractivity contribution in [2.24, 2.45) is 0 Å². The van der Waals surface area contributed by atoms with Gasteiger partial charge in [-0.2, -0.15) is 5.10 Å². The van der Waals surface area contributed by atoms with Gasteiger partial charge >= 0.3 is 0 Å². The number of anilines is 1. The molecule has 0 atom stereocenters. The van der Waals surface area contributed by atoms with Crippen LogP contribution in [0.1, 0.15) is 12.5 Å². The molecule has 3 aromatic rings. The number of likely N-dealkylation sites (N-methyl/N-ethyl adjacent to an activating group) is 1. The lowest BCUT2D eigenvalue weighted by Gasteiger charge is -2.21. The summed E-state index contributed by atoms with van der Waals surface area (Å²) >= 11 is 0. The van der Waals surface area contributed by atoms with Gasteiger partial charge in [0.15, 0.2) is 0 Å². The molecule has 132 valence electrons. The molecule has 2 aromatic carbocycles. The van der Waals surface area contributed by atoms with E-state index in [-0.39, 0.29) is 18.0 Å². The number of hydrogen-bond donors (Lipinski definition) is 0.